The van der Waals surface area contributed by atoms with E-state index in [1.54, 1.807) is 17.6 Å². The first-order chi connectivity index (χ1) is 13.1. The molecule has 0 radical (unpaired) electrons. The molecule has 5 nitrogen and oxygen atoms in total. The number of aliphatic imine (C=N–C) groups is 1. The van der Waals surface area contributed by atoms with E-state index in [4.69, 9.17) is 9.41 Å². The highest BCUT2D eigenvalue weighted by molar-refractivity contribution is 14.0. The van der Waals surface area contributed by atoms with Gasteiger partial charge in [0.15, 0.2) is 5.96 Å². The van der Waals surface area contributed by atoms with Crippen LogP contribution in [0, 0.1) is 0 Å². The molecule has 0 amide bonds. The third kappa shape index (κ3) is 9.43. The van der Waals surface area contributed by atoms with Gasteiger partial charge in [0.1, 0.15) is 5.76 Å². The summed E-state index contributed by atoms with van der Waals surface area (Å²) in [5.74, 6) is 1.86. The largest absolute Gasteiger partial charge is 0.469 e. The number of hydrogen-bond acceptors (Lipinski definition) is 4. The molecule has 0 aliphatic heterocycles. The Labute approximate surface area is 191 Å². The fraction of sp³-hybridized carbons (Fsp3) is 0.571. The number of furan rings is 1. The molecule has 7 heteroatoms. The van der Waals surface area contributed by atoms with Crippen LogP contribution in [0.4, 0.5) is 0 Å². The van der Waals surface area contributed by atoms with Crippen LogP contribution in [0.1, 0.15) is 44.8 Å². The molecule has 2 aromatic rings. The van der Waals surface area contributed by atoms with E-state index in [1.165, 1.54) is 4.88 Å². The van der Waals surface area contributed by atoms with Gasteiger partial charge >= 0.3 is 0 Å². The molecule has 0 aliphatic rings. The Balaban J connectivity index is 0.00000392. The highest BCUT2D eigenvalue weighted by Gasteiger charge is 2.12. The van der Waals surface area contributed by atoms with E-state index in [0.29, 0.717) is 18.6 Å². The van der Waals surface area contributed by atoms with Crippen molar-refractivity contribution in [3.05, 3.63) is 46.5 Å². The van der Waals surface area contributed by atoms with Crippen molar-refractivity contribution in [1.82, 2.24) is 15.5 Å². The normalized spacial score (nSPS) is 11.9. The summed E-state index contributed by atoms with van der Waals surface area (Å²) in [5.41, 5.74) is 0. The Morgan fingerprint density at radius 2 is 1.86 bits per heavy atom. The zero-order chi connectivity index (χ0) is 19.5. The molecule has 28 heavy (non-hydrogen) atoms. The number of hydrogen-bond donors (Lipinski definition) is 2. The molecule has 0 aromatic carbocycles. The quantitative estimate of drug-likeness (QED) is 0.195. The second-order valence-electron chi connectivity index (χ2n) is 7.21. The number of guanidine groups is 1. The minimum Gasteiger partial charge on any atom is -0.469 e. The van der Waals surface area contributed by atoms with Crippen LogP contribution in [-0.2, 0) is 13.0 Å². The number of thiophene rings is 1. The molecule has 0 aliphatic carbocycles. The fourth-order valence-corrected chi connectivity index (χ4v) is 3.70. The minimum atomic E-state index is 0. The zero-order valence-corrected chi connectivity index (χ0v) is 20.6. The molecule has 0 bridgehead atoms. The van der Waals surface area contributed by atoms with E-state index in [2.05, 4.69) is 60.7 Å². The molecule has 2 rings (SSSR count). The number of rotatable bonds is 11. The lowest BCUT2D eigenvalue weighted by Crippen LogP contribution is -2.41. The van der Waals surface area contributed by atoms with Gasteiger partial charge in [-0.25, -0.2) is 4.99 Å². The molecule has 2 heterocycles. The van der Waals surface area contributed by atoms with Gasteiger partial charge in [-0.3, -0.25) is 4.90 Å². The van der Waals surface area contributed by atoms with Crippen LogP contribution in [0.25, 0.3) is 0 Å². The lowest BCUT2D eigenvalue weighted by molar-refractivity contribution is 0.173. The Morgan fingerprint density at radius 1 is 1.11 bits per heavy atom. The Morgan fingerprint density at radius 3 is 2.46 bits per heavy atom. The number of nitrogens with one attached hydrogen (secondary N) is 2. The summed E-state index contributed by atoms with van der Waals surface area (Å²) in [6.45, 7) is 12.6. The van der Waals surface area contributed by atoms with Gasteiger partial charge in [0.05, 0.1) is 12.8 Å². The predicted molar refractivity (Wildman–Crippen MR) is 131 cm³/mol. The zero-order valence-electron chi connectivity index (χ0n) is 17.5. The van der Waals surface area contributed by atoms with Crippen LogP contribution in [0.15, 0.2) is 45.3 Å². The van der Waals surface area contributed by atoms with E-state index in [-0.39, 0.29) is 24.0 Å². The summed E-state index contributed by atoms with van der Waals surface area (Å²) < 4.78 is 5.40. The summed E-state index contributed by atoms with van der Waals surface area (Å²) >= 11 is 1.74. The lowest BCUT2D eigenvalue weighted by atomic mass is 10.2. The smallest absolute Gasteiger partial charge is 0.191 e. The maximum atomic E-state index is 5.40. The molecule has 2 aromatic heterocycles. The molecule has 0 atom stereocenters. The average molecular weight is 519 g/mol. The monoisotopic (exact) mass is 518 g/mol. The van der Waals surface area contributed by atoms with Crippen LogP contribution in [0.3, 0.4) is 0 Å². The van der Waals surface area contributed by atoms with E-state index in [9.17, 15) is 0 Å². The Bertz CT molecular complexity index is 633. The molecule has 0 fully saturated rings. The van der Waals surface area contributed by atoms with Gasteiger partial charge in [0.2, 0.25) is 0 Å². The molecular formula is C21H35IN4OS. The fourth-order valence-electron chi connectivity index (χ4n) is 3.07. The molecule has 0 unspecified atom stereocenters. The molecular weight excluding hydrogens is 483 g/mol. The SMILES string of the molecule is CC(C)N(CCCNC(=NCc1cccs1)NCCc1ccco1)C(C)C.I. The average Bonchev–Trinajstić information content (AvgIpc) is 3.32. The number of halogens is 1. The second kappa shape index (κ2) is 14.0. The summed E-state index contributed by atoms with van der Waals surface area (Å²) in [6.07, 6.45) is 3.66. The second-order valence-corrected chi connectivity index (χ2v) is 8.24. The third-order valence-electron chi connectivity index (χ3n) is 4.43. The molecule has 0 spiro atoms. The van der Waals surface area contributed by atoms with Crippen LogP contribution < -0.4 is 10.6 Å². The molecule has 0 saturated carbocycles. The summed E-state index contributed by atoms with van der Waals surface area (Å²) in [4.78, 5) is 8.53. The first-order valence-electron chi connectivity index (χ1n) is 9.89. The minimum absolute atomic E-state index is 0. The van der Waals surface area contributed by atoms with Gasteiger partial charge in [-0.1, -0.05) is 6.07 Å². The van der Waals surface area contributed by atoms with Crippen LogP contribution in [0.2, 0.25) is 0 Å². The van der Waals surface area contributed by atoms with Crippen molar-refractivity contribution >= 4 is 41.3 Å². The Hall–Kier alpha value is -1.06. The van der Waals surface area contributed by atoms with Gasteiger partial charge < -0.3 is 15.1 Å². The first-order valence-corrected chi connectivity index (χ1v) is 10.8. The topological polar surface area (TPSA) is 52.8 Å². The van der Waals surface area contributed by atoms with Crippen molar-refractivity contribution < 1.29 is 4.42 Å². The molecule has 2 N–H and O–H groups in total. The third-order valence-corrected chi connectivity index (χ3v) is 5.29. The first kappa shape index (κ1) is 25.0. The van der Waals surface area contributed by atoms with Crippen LogP contribution in [-0.4, -0.2) is 42.6 Å². The summed E-state index contributed by atoms with van der Waals surface area (Å²) in [6, 6.07) is 9.27. The van der Waals surface area contributed by atoms with Gasteiger partial charge in [-0.15, -0.1) is 35.3 Å². The van der Waals surface area contributed by atoms with E-state index < -0.39 is 0 Å². The number of nitrogens with zero attached hydrogens (tertiary/aromatic N) is 2. The van der Waals surface area contributed by atoms with Crippen molar-refractivity contribution in [1.29, 1.82) is 0 Å². The van der Waals surface area contributed by atoms with Crippen molar-refractivity contribution in [2.24, 2.45) is 4.99 Å². The van der Waals surface area contributed by atoms with Crippen LogP contribution >= 0.6 is 35.3 Å². The summed E-state index contributed by atoms with van der Waals surface area (Å²) in [5, 5.41) is 9.00. The highest BCUT2D eigenvalue weighted by Crippen LogP contribution is 2.09. The maximum absolute atomic E-state index is 5.40. The van der Waals surface area contributed by atoms with Crippen molar-refractivity contribution in [3.8, 4) is 0 Å². The Kier molecular flexibility index (Phi) is 12.5. The van der Waals surface area contributed by atoms with Gasteiger partial charge in [0, 0.05) is 43.0 Å². The highest BCUT2D eigenvalue weighted by atomic mass is 127. The van der Waals surface area contributed by atoms with E-state index >= 15 is 0 Å². The van der Waals surface area contributed by atoms with Gasteiger partial charge in [-0.2, -0.15) is 0 Å². The van der Waals surface area contributed by atoms with Crippen molar-refractivity contribution in [2.75, 3.05) is 19.6 Å². The van der Waals surface area contributed by atoms with Gasteiger partial charge in [-0.05, 0) is 57.7 Å². The standard InChI is InChI=1S/C21H34N4OS.HI/c1-17(2)25(18(3)4)13-7-11-22-21(24-16-20-9-6-15-27-20)23-12-10-19-8-5-14-26-19;/h5-6,8-9,14-15,17-18H,7,10-13,16H2,1-4H3,(H2,22,23,24);1H. The lowest BCUT2D eigenvalue weighted by Gasteiger charge is -2.30. The van der Waals surface area contributed by atoms with Crippen molar-refractivity contribution in [2.45, 2.75) is 59.2 Å². The van der Waals surface area contributed by atoms with E-state index in [0.717, 1.165) is 44.2 Å². The molecule has 0 saturated heterocycles. The molecule has 158 valence electrons. The van der Waals surface area contributed by atoms with Gasteiger partial charge in [0.25, 0.3) is 0 Å². The van der Waals surface area contributed by atoms with Crippen LogP contribution in [0.5, 0.6) is 0 Å². The summed E-state index contributed by atoms with van der Waals surface area (Å²) in [7, 11) is 0. The maximum Gasteiger partial charge on any atom is 0.191 e. The van der Waals surface area contributed by atoms with Crippen molar-refractivity contribution in [3.63, 3.8) is 0 Å². The van der Waals surface area contributed by atoms with E-state index in [1.807, 2.05) is 12.1 Å². The predicted octanol–water partition coefficient (Wildman–Crippen LogP) is 4.75.